The van der Waals surface area contributed by atoms with Gasteiger partial charge in [0.15, 0.2) is 0 Å². The van der Waals surface area contributed by atoms with Crippen LogP contribution in [0.25, 0.3) is 0 Å². The van der Waals surface area contributed by atoms with Crippen molar-refractivity contribution in [2.45, 2.75) is 20.0 Å². The van der Waals surface area contributed by atoms with E-state index in [4.69, 9.17) is 21.6 Å². The van der Waals surface area contributed by atoms with Crippen LogP contribution in [0.5, 0.6) is 5.75 Å². The number of hydrogen-bond donors (Lipinski definition) is 1. The largest absolute Gasteiger partial charge is 0.492 e. The molecule has 0 aliphatic rings. The third-order valence-corrected chi connectivity index (χ3v) is 3.11. The first-order valence-corrected chi connectivity index (χ1v) is 5.92. The van der Waals surface area contributed by atoms with Crippen molar-refractivity contribution in [1.82, 2.24) is 0 Å². The quantitative estimate of drug-likeness (QED) is 0.931. The predicted molar refractivity (Wildman–Crippen MR) is 65.7 cm³/mol. The second-order valence-electron chi connectivity index (χ2n) is 3.19. The first kappa shape index (κ1) is 13.3. The summed E-state index contributed by atoms with van der Waals surface area (Å²) in [7, 11) is 0. The lowest BCUT2D eigenvalue weighted by Crippen LogP contribution is -2.02. The highest BCUT2D eigenvalue weighted by Crippen LogP contribution is 2.39. The summed E-state index contributed by atoms with van der Waals surface area (Å²) in [4.78, 5) is 0. The van der Waals surface area contributed by atoms with E-state index in [1.165, 1.54) is 0 Å². The minimum absolute atomic E-state index is 0.300. The summed E-state index contributed by atoms with van der Waals surface area (Å²) >= 11 is 9.20. The molecule has 0 heterocycles. The highest BCUT2D eigenvalue weighted by atomic mass is 79.9. The third-order valence-electron chi connectivity index (χ3n) is 2.05. The van der Waals surface area contributed by atoms with Crippen LogP contribution in [0.1, 0.15) is 31.1 Å². The van der Waals surface area contributed by atoms with Crippen molar-refractivity contribution in [2.75, 3.05) is 6.61 Å². The van der Waals surface area contributed by atoms with Gasteiger partial charge >= 0.3 is 0 Å². The lowest BCUT2D eigenvalue weighted by atomic mass is 10.1. The Labute approximate surface area is 108 Å². The lowest BCUT2D eigenvalue weighted by molar-refractivity contribution is 0.192. The Kier molecular flexibility index (Phi) is 4.60. The fourth-order valence-corrected chi connectivity index (χ4v) is 2.34. The molecule has 3 nitrogen and oxygen atoms in total. The maximum Gasteiger partial charge on any atom is 0.140 e. The van der Waals surface area contributed by atoms with Crippen LogP contribution in [0.15, 0.2) is 10.5 Å². The summed E-state index contributed by atoms with van der Waals surface area (Å²) in [5.41, 5.74) is 0.882. The SMILES string of the molecule is CCOc1c(C(C)O)cc(Cl)c(C#N)c1Br. The molecule has 0 saturated carbocycles. The van der Waals surface area contributed by atoms with Crippen molar-refractivity contribution in [3.63, 3.8) is 0 Å². The van der Waals surface area contributed by atoms with E-state index in [2.05, 4.69) is 15.9 Å². The van der Waals surface area contributed by atoms with E-state index in [1.807, 2.05) is 13.0 Å². The monoisotopic (exact) mass is 303 g/mol. The fourth-order valence-electron chi connectivity index (χ4n) is 1.32. The van der Waals surface area contributed by atoms with E-state index in [0.29, 0.717) is 33.0 Å². The molecule has 0 fully saturated rings. The number of aliphatic hydroxyl groups excluding tert-OH is 1. The summed E-state index contributed by atoms with van der Waals surface area (Å²) in [5.74, 6) is 0.471. The molecule has 1 aromatic rings. The van der Waals surface area contributed by atoms with Crippen LogP contribution in [0.3, 0.4) is 0 Å². The highest BCUT2D eigenvalue weighted by Gasteiger charge is 2.19. The minimum Gasteiger partial charge on any atom is -0.492 e. The van der Waals surface area contributed by atoms with Crippen molar-refractivity contribution in [2.24, 2.45) is 0 Å². The van der Waals surface area contributed by atoms with E-state index in [9.17, 15) is 5.11 Å². The molecule has 1 unspecified atom stereocenters. The van der Waals surface area contributed by atoms with Gasteiger partial charge < -0.3 is 9.84 Å². The fraction of sp³-hybridized carbons (Fsp3) is 0.364. The summed E-state index contributed by atoms with van der Waals surface area (Å²) in [6.07, 6.45) is -0.705. The van der Waals surface area contributed by atoms with E-state index >= 15 is 0 Å². The Morgan fingerprint density at radius 3 is 2.75 bits per heavy atom. The maximum absolute atomic E-state index is 9.60. The van der Waals surface area contributed by atoms with Crippen LogP contribution >= 0.6 is 27.5 Å². The van der Waals surface area contributed by atoms with Gasteiger partial charge in [-0.3, -0.25) is 0 Å². The zero-order valence-corrected chi connectivity index (χ0v) is 11.3. The number of aliphatic hydroxyl groups is 1. The number of ether oxygens (including phenoxy) is 1. The minimum atomic E-state index is -0.705. The normalized spacial score (nSPS) is 12.0. The maximum atomic E-state index is 9.60. The molecule has 0 saturated heterocycles. The number of benzene rings is 1. The van der Waals surface area contributed by atoms with Crippen molar-refractivity contribution in [3.05, 3.63) is 26.7 Å². The average Bonchev–Trinajstić information content (AvgIpc) is 2.22. The summed E-state index contributed by atoms with van der Waals surface area (Å²) in [5, 5.41) is 18.8. The number of hydrogen-bond acceptors (Lipinski definition) is 3. The smallest absolute Gasteiger partial charge is 0.140 e. The van der Waals surface area contributed by atoms with E-state index in [-0.39, 0.29) is 0 Å². The molecule has 1 atom stereocenters. The molecular weight excluding hydrogens is 293 g/mol. The van der Waals surface area contributed by atoms with Gasteiger partial charge in [0.2, 0.25) is 0 Å². The van der Waals surface area contributed by atoms with Gasteiger partial charge in [-0.15, -0.1) is 0 Å². The van der Waals surface area contributed by atoms with Crippen molar-refractivity contribution in [1.29, 1.82) is 5.26 Å². The molecule has 16 heavy (non-hydrogen) atoms. The molecule has 0 spiro atoms. The second kappa shape index (κ2) is 5.53. The van der Waals surface area contributed by atoms with Gasteiger partial charge in [-0.25, -0.2) is 0 Å². The van der Waals surface area contributed by atoms with Crippen molar-refractivity contribution >= 4 is 27.5 Å². The molecular formula is C11H11BrClNO2. The van der Waals surface area contributed by atoms with Gasteiger partial charge in [0.05, 0.1) is 27.8 Å². The Hall–Kier alpha value is -0.760. The molecule has 5 heteroatoms. The lowest BCUT2D eigenvalue weighted by Gasteiger charge is -2.16. The zero-order valence-electron chi connectivity index (χ0n) is 8.92. The Bertz CT molecular complexity index is 441. The van der Waals surface area contributed by atoms with Gasteiger partial charge in [-0.2, -0.15) is 5.26 Å². The number of nitriles is 1. The predicted octanol–water partition coefficient (Wildman–Crippen LogP) is 3.43. The molecule has 0 radical (unpaired) electrons. The van der Waals surface area contributed by atoms with E-state index < -0.39 is 6.10 Å². The van der Waals surface area contributed by atoms with E-state index in [1.54, 1.807) is 13.0 Å². The van der Waals surface area contributed by atoms with Gasteiger partial charge in [0.1, 0.15) is 11.8 Å². The van der Waals surface area contributed by atoms with Crippen LogP contribution in [-0.2, 0) is 0 Å². The first-order valence-electron chi connectivity index (χ1n) is 4.75. The topological polar surface area (TPSA) is 53.2 Å². The zero-order chi connectivity index (χ0) is 12.3. The molecule has 1 N–H and O–H groups in total. The Morgan fingerprint density at radius 2 is 2.31 bits per heavy atom. The van der Waals surface area contributed by atoms with Crippen molar-refractivity contribution < 1.29 is 9.84 Å². The molecule has 0 amide bonds. The Balaban J connectivity index is 3.47. The van der Waals surface area contributed by atoms with E-state index in [0.717, 1.165) is 0 Å². The van der Waals surface area contributed by atoms with Crippen LogP contribution in [0, 0.1) is 11.3 Å². The number of halogens is 2. The van der Waals surface area contributed by atoms with Gasteiger partial charge in [-0.1, -0.05) is 11.6 Å². The number of rotatable bonds is 3. The summed E-state index contributed by atoms with van der Waals surface area (Å²) < 4.78 is 5.90. The van der Waals surface area contributed by atoms with Crippen LogP contribution in [0.4, 0.5) is 0 Å². The highest BCUT2D eigenvalue weighted by molar-refractivity contribution is 9.10. The van der Waals surface area contributed by atoms with Gasteiger partial charge in [-0.05, 0) is 35.8 Å². The Morgan fingerprint density at radius 1 is 1.69 bits per heavy atom. The molecule has 0 aromatic heterocycles. The molecule has 0 aliphatic carbocycles. The van der Waals surface area contributed by atoms with Crippen LogP contribution < -0.4 is 4.74 Å². The molecule has 86 valence electrons. The molecule has 0 aliphatic heterocycles. The second-order valence-corrected chi connectivity index (χ2v) is 4.39. The number of nitrogens with zero attached hydrogens (tertiary/aromatic N) is 1. The van der Waals surface area contributed by atoms with Crippen molar-refractivity contribution in [3.8, 4) is 11.8 Å². The molecule has 0 bridgehead atoms. The van der Waals surface area contributed by atoms with Gasteiger partial charge in [0, 0.05) is 5.56 Å². The van der Waals surface area contributed by atoms with Crippen LogP contribution in [-0.4, -0.2) is 11.7 Å². The summed E-state index contributed by atoms with van der Waals surface area (Å²) in [6.45, 7) is 3.90. The molecule has 1 rings (SSSR count). The average molecular weight is 305 g/mol. The van der Waals surface area contributed by atoms with Crippen LogP contribution in [0.2, 0.25) is 5.02 Å². The molecule has 1 aromatic carbocycles. The summed E-state index contributed by atoms with van der Waals surface area (Å²) in [6, 6.07) is 3.54. The van der Waals surface area contributed by atoms with Gasteiger partial charge in [0.25, 0.3) is 0 Å². The standard InChI is InChI=1S/C11H11BrClNO2/c1-3-16-11-7(6(2)15)4-9(13)8(5-14)10(11)12/h4,6,15H,3H2,1-2H3. The first-order chi connectivity index (χ1) is 7.52. The third kappa shape index (κ3) is 2.49.